The van der Waals surface area contributed by atoms with Crippen LogP contribution in [0.2, 0.25) is 0 Å². The number of aliphatic hydroxyl groups excluding tert-OH is 2. The standard InChI is InChI=1S/C57H113NO5/c1-4-7-10-13-16-19-22-25-27-29-31-33-36-39-42-45-48-53(63-57(62)50-47-44-41-38-35-24-21-18-15-12-9-6-3)51-56(61)58-54(52-59)55(60)49-46-43-40-37-34-32-30-28-26-23-20-17-14-11-8-5-2/h53-55,59-60H,4-52H2,1-3H3,(H,58,61). The molecule has 0 saturated heterocycles. The average Bonchev–Trinajstić information content (AvgIpc) is 3.28. The van der Waals surface area contributed by atoms with Crippen LogP contribution in [0.1, 0.15) is 329 Å². The number of ether oxygens (including phenoxy) is 1. The molecule has 0 aromatic carbocycles. The second-order valence-electron chi connectivity index (χ2n) is 20.1. The first-order chi connectivity index (χ1) is 31.0. The smallest absolute Gasteiger partial charge is 0.306 e. The van der Waals surface area contributed by atoms with Gasteiger partial charge in [-0.1, -0.05) is 290 Å². The number of aliphatic hydroxyl groups is 2. The van der Waals surface area contributed by atoms with E-state index in [0.717, 1.165) is 38.5 Å². The maximum atomic E-state index is 13.3. The lowest BCUT2D eigenvalue weighted by Gasteiger charge is -2.24. The molecule has 0 aliphatic rings. The van der Waals surface area contributed by atoms with Crippen molar-refractivity contribution >= 4 is 11.9 Å². The van der Waals surface area contributed by atoms with Gasteiger partial charge in [-0.2, -0.15) is 0 Å². The Morgan fingerprint density at radius 3 is 0.968 bits per heavy atom. The molecule has 0 aromatic heterocycles. The highest BCUT2D eigenvalue weighted by Crippen LogP contribution is 2.19. The van der Waals surface area contributed by atoms with Gasteiger partial charge in [0.2, 0.25) is 5.91 Å². The molecule has 376 valence electrons. The number of amides is 1. The van der Waals surface area contributed by atoms with E-state index in [1.165, 1.54) is 244 Å². The van der Waals surface area contributed by atoms with Crippen LogP contribution in [0.15, 0.2) is 0 Å². The Morgan fingerprint density at radius 1 is 0.397 bits per heavy atom. The summed E-state index contributed by atoms with van der Waals surface area (Å²) in [5, 5.41) is 23.9. The highest BCUT2D eigenvalue weighted by Gasteiger charge is 2.24. The number of carbonyl (C=O) groups is 2. The van der Waals surface area contributed by atoms with Crippen molar-refractivity contribution in [2.75, 3.05) is 6.61 Å². The molecule has 0 aliphatic carbocycles. The molecule has 6 heteroatoms. The van der Waals surface area contributed by atoms with Crippen LogP contribution in [0.4, 0.5) is 0 Å². The van der Waals surface area contributed by atoms with Gasteiger partial charge in [0.1, 0.15) is 6.10 Å². The third-order valence-electron chi connectivity index (χ3n) is 13.7. The Labute approximate surface area is 394 Å². The van der Waals surface area contributed by atoms with Gasteiger partial charge in [-0.25, -0.2) is 0 Å². The second kappa shape index (κ2) is 51.8. The van der Waals surface area contributed by atoms with Gasteiger partial charge in [0.25, 0.3) is 0 Å². The van der Waals surface area contributed by atoms with Gasteiger partial charge >= 0.3 is 5.97 Å². The van der Waals surface area contributed by atoms with Crippen LogP contribution in [0.5, 0.6) is 0 Å². The molecule has 0 aliphatic heterocycles. The van der Waals surface area contributed by atoms with Crippen LogP contribution < -0.4 is 5.32 Å². The zero-order valence-corrected chi connectivity index (χ0v) is 43.0. The molecule has 0 heterocycles. The maximum absolute atomic E-state index is 13.3. The molecule has 3 atom stereocenters. The molecule has 0 fully saturated rings. The number of hydrogen-bond donors (Lipinski definition) is 3. The van der Waals surface area contributed by atoms with Crippen molar-refractivity contribution in [1.29, 1.82) is 0 Å². The molecule has 3 N–H and O–H groups in total. The maximum Gasteiger partial charge on any atom is 0.306 e. The first-order valence-electron chi connectivity index (χ1n) is 28.8. The Kier molecular flexibility index (Phi) is 50.9. The zero-order valence-electron chi connectivity index (χ0n) is 43.0. The number of hydrogen-bond acceptors (Lipinski definition) is 5. The van der Waals surface area contributed by atoms with Crippen molar-refractivity contribution in [1.82, 2.24) is 5.32 Å². The lowest BCUT2D eigenvalue weighted by molar-refractivity contribution is -0.151. The van der Waals surface area contributed by atoms with E-state index in [4.69, 9.17) is 4.74 Å². The van der Waals surface area contributed by atoms with Gasteiger partial charge in [-0.15, -0.1) is 0 Å². The topological polar surface area (TPSA) is 95.9 Å². The zero-order chi connectivity index (χ0) is 45.9. The molecular formula is C57H113NO5. The third kappa shape index (κ3) is 47.2. The third-order valence-corrected chi connectivity index (χ3v) is 13.7. The minimum Gasteiger partial charge on any atom is -0.462 e. The molecule has 0 rings (SSSR count). The van der Waals surface area contributed by atoms with Crippen LogP contribution in [-0.2, 0) is 14.3 Å². The van der Waals surface area contributed by atoms with Crippen molar-refractivity contribution < 1.29 is 24.5 Å². The summed E-state index contributed by atoms with van der Waals surface area (Å²) in [5.74, 6) is -0.446. The van der Waals surface area contributed by atoms with Gasteiger partial charge in [-0.05, 0) is 25.7 Å². The summed E-state index contributed by atoms with van der Waals surface area (Å²) in [6.07, 6.45) is 57.4. The van der Waals surface area contributed by atoms with E-state index in [2.05, 4.69) is 26.1 Å². The fraction of sp³-hybridized carbons (Fsp3) is 0.965. The van der Waals surface area contributed by atoms with Gasteiger partial charge in [-0.3, -0.25) is 9.59 Å². The minimum atomic E-state index is -0.780. The second-order valence-corrected chi connectivity index (χ2v) is 20.1. The molecule has 0 aromatic rings. The average molecular weight is 893 g/mol. The monoisotopic (exact) mass is 892 g/mol. The summed E-state index contributed by atoms with van der Waals surface area (Å²) in [6.45, 7) is 6.53. The summed E-state index contributed by atoms with van der Waals surface area (Å²) >= 11 is 0. The first-order valence-corrected chi connectivity index (χ1v) is 28.8. The van der Waals surface area contributed by atoms with Crippen LogP contribution in [0.25, 0.3) is 0 Å². The molecular weight excluding hydrogens is 779 g/mol. The fourth-order valence-corrected chi connectivity index (χ4v) is 9.32. The summed E-state index contributed by atoms with van der Waals surface area (Å²) < 4.78 is 5.96. The molecule has 0 radical (unpaired) electrons. The number of carbonyl (C=O) groups excluding carboxylic acids is 2. The van der Waals surface area contributed by atoms with E-state index in [1.807, 2.05) is 0 Å². The largest absolute Gasteiger partial charge is 0.462 e. The van der Waals surface area contributed by atoms with Gasteiger partial charge in [0.15, 0.2) is 0 Å². The first kappa shape index (κ1) is 61.9. The predicted molar refractivity (Wildman–Crippen MR) is 274 cm³/mol. The molecule has 3 unspecified atom stereocenters. The Bertz CT molecular complexity index is 913. The number of rotatable bonds is 53. The van der Waals surface area contributed by atoms with Crippen LogP contribution in [0.3, 0.4) is 0 Å². The van der Waals surface area contributed by atoms with E-state index < -0.39 is 18.2 Å². The molecule has 0 saturated carbocycles. The van der Waals surface area contributed by atoms with Crippen molar-refractivity contribution in [2.45, 2.75) is 347 Å². The lowest BCUT2D eigenvalue weighted by atomic mass is 10.0. The van der Waals surface area contributed by atoms with Crippen LogP contribution >= 0.6 is 0 Å². The lowest BCUT2D eigenvalue weighted by Crippen LogP contribution is -2.46. The van der Waals surface area contributed by atoms with E-state index in [0.29, 0.717) is 19.3 Å². The molecule has 0 bridgehead atoms. The van der Waals surface area contributed by atoms with Crippen LogP contribution in [-0.4, -0.2) is 46.9 Å². The highest BCUT2D eigenvalue weighted by molar-refractivity contribution is 5.77. The molecule has 6 nitrogen and oxygen atoms in total. The van der Waals surface area contributed by atoms with Crippen molar-refractivity contribution in [3.05, 3.63) is 0 Å². The quantitative estimate of drug-likeness (QED) is 0.0418. The van der Waals surface area contributed by atoms with Gasteiger partial charge in [0.05, 0.1) is 25.2 Å². The molecule has 0 spiro atoms. The van der Waals surface area contributed by atoms with E-state index in [1.54, 1.807) is 0 Å². The Balaban J connectivity index is 4.47. The normalized spacial score (nSPS) is 13.0. The summed E-state index contributed by atoms with van der Waals surface area (Å²) in [7, 11) is 0. The number of unbranched alkanes of at least 4 members (excludes halogenated alkanes) is 41. The Hall–Kier alpha value is -1.14. The van der Waals surface area contributed by atoms with E-state index in [-0.39, 0.29) is 24.9 Å². The fourth-order valence-electron chi connectivity index (χ4n) is 9.32. The minimum absolute atomic E-state index is 0.0885. The predicted octanol–water partition coefficient (Wildman–Crippen LogP) is 17.5. The van der Waals surface area contributed by atoms with Gasteiger partial charge in [0, 0.05) is 6.42 Å². The van der Waals surface area contributed by atoms with Gasteiger partial charge < -0.3 is 20.3 Å². The van der Waals surface area contributed by atoms with Crippen molar-refractivity contribution in [3.63, 3.8) is 0 Å². The SMILES string of the molecule is CCCCCCCCCCCCCCCCCCC(CC(=O)NC(CO)C(O)CCCCCCCCCCCCCCCCCC)OC(=O)CCCCCCCCCCCCCC. The summed E-state index contributed by atoms with van der Waals surface area (Å²) in [6, 6.07) is -0.693. The van der Waals surface area contributed by atoms with E-state index >= 15 is 0 Å². The number of esters is 1. The summed E-state index contributed by atoms with van der Waals surface area (Å²) in [5.41, 5.74) is 0. The van der Waals surface area contributed by atoms with E-state index in [9.17, 15) is 19.8 Å². The van der Waals surface area contributed by atoms with Crippen molar-refractivity contribution in [3.8, 4) is 0 Å². The number of nitrogens with one attached hydrogen (secondary N) is 1. The van der Waals surface area contributed by atoms with Crippen molar-refractivity contribution in [2.24, 2.45) is 0 Å². The molecule has 1 amide bonds. The Morgan fingerprint density at radius 2 is 0.667 bits per heavy atom. The molecule has 63 heavy (non-hydrogen) atoms. The van der Waals surface area contributed by atoms with Crippen LogP contribution in [0, 0.1) is 0 Å². The summed E-state index contributed by atoms with van der Waals surface area (Å²) in [4.78, 5) is 26.2. The highest BCUT2D eigenvalue weighted by atomic mass is 16.5.